The van der Waals surface area contributed by atoms with Gasteiger partial charge in [0.15, 0.2) is 0 Å². The minimum absolute atomic E-state index is 0.407. The number of nitrogens with zero attached hydrogens (tertiary/aromatic N) is 2. The quantitative estimate of drug-likeness (QED) is 0.473. The first-order valence-corrected chi connectivity index (χ1v) is 13.2. The molecule has 0 radical (unpaired) electrons. The Morgan fingerprint density at radius 2 is 1.15 bits per heavy atom. The van der Waals surface area contributed by atoms with E-state index < -0.39 is 24.6 Å². The molecule has 76 valence electrons. The van der Waals surface area contributed by atoms with E-state index in [0.717, 1.165) is 0 Å². The van der Waals surface area contributed by atoms with Gasteiger partial charge in [-0.25, -0.2) is 0 Å². The van der Waals surface area contributed by atoms with Crippen LogP contribution in [0.4, 0.5) is 0 Å². The molecule has 0 aliphatic heterocycles. The standard InChI is InChI=1S/2C5H12N.Hg/c2*1-4-5-6(2)3;/h2*1,4-5H2,2-3H3;. The van der Waals surface area contributed by atoms with E-state index in [2.05, 4.69) is 38.0 Å². The third-order valence-corrected chi connectivity index (χ3v) is 9.99. The van der Waals surface area contributed by atoms with Crippen LogP contribution < -0.4 is 0 Å². The first kappa shape index (κ1) is 13.9. The van der Waals surface area contributed by atoms with Gasteiger partial charge >= 0.3 is 96.4 Å². The van der Waals surface area contributed by atoms with E-state index in [0.29, 0.717) is 0 Å². The van der Waals surface area contributed by atoms with Crippen molar-refractivity contribution in [3.05, 3.63) is 0 Å². The van der Waals surface area contributed by atoms with Gasteiger partial charge in [-0.15, -0.1) is 0 Å². The summed E-state index contributed by atoms with van der Waals surface area (Å²) in [6.07, 6.45) is 2.91. The molecule has 0 aromatic carbocycles. The molecule has 0 rings (SSSR count). The van der Waals surface area contributed by atoms with Crippen LogP contribution in [0.1, 0.15) is 12.8 Å². The summed E-state index contributed by atoms with van der Waals surface area (Å²) in [4.78, 5) is 4.60. The van der Waals surface area contributed by atoms with Crippen LogP contribution in [0.15, 0.2) is 0 Å². The van der Waals surface area contributed by atoms with E-state index >= 15 is 0 Å². The van der Waals surface area contributed by atoms with Crippen molar-refractivity contribution in [1.29, 1.82) is 0 Å². The van der Waals surface area contributed by atoms with E-state index in [9.17, 15) is 0 Å². The Hall–Kier alpha value is 0.855. The fraction of sp³-hybridized carbons (Fsp3) is 1.00. The molecule has 0 heterocycles. The molecule has 0 saturated carbocycles. The summed E-state index contributed by atoms with van der Waals surface area (Å²) in [6, 6.07) is 0. The summed E-state index contributed by atoms with van der Waals surface area (Å²) in [5, 5.41) is 0. The van der Waals surface area contributed by atoms with Crippen molar-refractivity contribution in [1.82, 2.24) is 9.80 Å². The Morgan fingerprint density at radius 1 is 0.769 bits per heavy atom. The SMILES string of the molecule is CN(C)CC[CH2][Hg][CH2]CCN(C)C. The molecule has 0 aromatic rings. The van der Waals surface area contributed by atoms with Crippen LogP contribution in [0.5, 0.6) is 0 Å². The summed E-state index contributed by atoms with van der Waals surface area (Å²) >= 11 is -0.407. The summed E-state index contributed by atoms with van der Waals surface area (Å²) < 4.78 is 3.23. The molecule has 0 N–H and O–H groups in total. The normalized spacial score (nSPS) is 10.9. The molecular formula is C10H24HgN2. The van der Waals surface area contributed by atoms with Crippen molar-refractivity contribution in [2.75, 3.05) is 41.3 Å². The first-order valence-electron chi connectivity index (χ1n) is 5.42. The van der Waals surface area contributed by atoms with E-state index in [4.69, 9.17) is 0 Å². The Kier molecular flexibility index (Phi) is 10.0. The van der Waals surface area contributed by atoms with Gasteiger partial charge in [0.2, 0.25) is 0 Å². The maximum absolute atomic E-state index is 2.30. The molecule has 0 spiro atoms. The van der Waals surface area contributed by atoms with Crippen molar-refractivity contribution in [3.63, 3.8) is 0 Å². The van der Waals surface area contributed by atoms with E-state index in [1.807, 2.05) is 0 Å². The second kappa shape index (κ2) is 9.41. The van der Waals surface area contributed by atoms with Gasteiger partial charge in [-0.3, -0.25) is 0 Å². The monoisotopic (exact) mass is 374 g/mol. The van der Waals surface area contributed by atoms with Gasteiger partial charge in [0.1, 0.15) is 0 Å². The molecule has 2 nitrogen and oxygen atoms in total. The van der Waals surface area contributed by atoms with E-state index in [-0.39, 0.29) is 0 Å². The van der Waals surface area contributed by atoms with Crippen molar-refractivity contribution in [2.45, 2.75) is 20.7 Å². The van der Waals surface area contributed by atoms with Crippen molar-refractivity contribution in [3.8, 4) is 0 Å². The van der Waals surface area contributed by atoms with Gasteiger partial charge < -0.3 is 0 Å². The van der Waals surface area contributed by atoms with Crippen LogP contribution in [0.3, 0.4) is 0 Å². The fourth-order valence-corrected chi connectivity index (χ4v) is 7.25. The molecule has 0 unspecified atom stereocenters. The molecule has 0 saturated heterocycles. The maximum atomic E-state index is 2.30. The molecule has 0 aromatic heterocycles. The van der Waals surface area contributed by atoms with Gasteiger partial charge in [0, 0.05) is 0 Å². The average Bonchev–Trinajstić information content (AvgIpc) is 2.01. The minimum atomic E-state index is -0.407. The predicted octanol–water partition coefficient (Wildman–Crippen LogP) is 1.81. The van der Waals surface area contributed by atoms with Crippen molar-refractivity contribution in [2.24, 2.45) is 0 Å². The van der Waals surface area contributed by atoms with Gasteiger partial charge in [-0.05, 0) is 0 Å². The Bertz CT molecular complexity index is 93.1. The zero-order chi connectivity index (χ0) is 10.1. The van der Waals surface area contributed by atoms with Crippen molar-refractivity contribution >= 4 is 0 Å². The molecule has 0 atom stereocenters. The summed E-state index contributed by atoms with van der Waals surface area (Å²) in [5.41, 5.74) is 0. The molecule has 13 heavy (non-hydrogen) atoms. The Labute approximate surface area is 96.1 Å². The number of hydrogen-bond acceptors (Lipinski definition) is 2. The van der Waals surface area contributed by atoms with Crippen LogP contribution in [-0.4, -0.2) is 51.1 Å². The summed E-state index contributed by atoms with van der Waals surface area (Å²) in [6.45, 7) is 2.60. The molecule has 0 aliphatic rings. The summed E-state index contributed by atoms with van der Waals surface area (Å²) in [5.74, 6) is 0. The van der Waals surface area contributed by atoms with Crippen LogP contribution in [0, 0.1) is 0 Å². The average molecular weight is 373 g/mol. The van der Waals surface area contributed by atoms with Crippen LogP contribution in [-0.2, 0) is 24.6 Å². The third-order valence-electron chi connectivity index (χ3n) is 2.21. The summed E-state index contributed by atoms with van der Waals surface area (Å²) in [7, 11) is 8.68. The molecule has 0 amide bonds. The van der Waals surface area contributed by atoms with Gasteiger partial charge in [-0.2, -0.15) is 0 Å². The Morgan fingerprint density at radius 3 is 1.46 bits per heavy atom. The number of rotatable bonds is 8. The van der Waals surface area contributed by atoms with Gasteiger partial charge in [0.25, 0.3) is 0 Å². The topological polar surface area (TPSA) is 6.48 Å². The van der Waals surface area contributed by atoms with Crippen molar-refractivity contribution < 1.29 is 24.6 Å². The zero-order valence-corrected chi connectivity index (χ0v) is 15.3. The molecular weight excluding hydrogens is 349 g/mol. The fourth-order valence-electron chi connectivity index (χ4n) is 1.39. The zero-order valence-electron chi connectivity index (χ0n) is 9.84. The molecule has 0 fully saturated rings. The second-order valence-corrected chi connectivity index (χ2v) is 12.6. The second-order valence-electron chi connectivity index (χ2n) is 4.37. The molecule has 3 heteroatoms. The first-order chi connectivity index (χ1) is 6.13. The molecule has 0 aliphatic carbocycles. The van der Waals surface area contributed by atoms with Crippen LogP contribution >= 0.6 is 0 Å². The Balaban J connectivity index is 2.92. The van der Waals surface area contributed by atoms with Gasteiger partial charge in [0.05, 0.1) is 0 Å². The molecule has 0 bridgehead atoms. The van der Waals surface area contributed by atoms with Crippen LogP contribution in [0.2, 0.25) is 7.86 Å². The van der Waals surface area contributed by atoms with E-state index in [1.54, 1.807) is 7.86 Å². The van der Waals surface area contributed by atoms with Crippen LogP contribution in [0.25, 0.3) is 0 Å². The number of hydrogen-bond donors (Lipinski definition) is 0. The predicted molar refractivity (Wildman–Crippen MR) is 56.0 cm³/mol. The third kappa shape index (κ3) is 12.9. The van der Waals surface area contributed by atoms with E-state index in [1.165, 1.54) is 25.9 Å². The van der Waals surface area contributed by atoms with Gasteiger partial charge in [-0.1, -0.05) is 0 Å².